The van der Waals surface area contributed by atoms with E-state index >= 15 is 0 Å². The number of rotatable bonds is 7. The van der Waals surface area contributed by atoms with E-state index in [1.54, 1.807) is 18.1 Å². The van der Waals surface area contributed by atoms with Crippen LogP contribution in [0.4, 0.5) is 4.79 Å². The van der Waals surface area contributed by atoms with Gasteiger partial charge in [-0.05, 0) is 30.7 Å². The van der Waals surface area contributed by atoms with E-state index in [1.807, 2.05) is 49.4 Å². The van der Waals surface area contributed by atoms with Gasteiger partial charge >= 0.3 is 6.03 Å². The molecule has 1 N–H and O–H groups in total. The maximum Gasteiger partial charge on any atom is 0.317 e. The largest absolute Gasteiger partial charge is 0.491 e. The van der Waals surface area contributed by atoms with Crippen molar-refractivity contribution in [1.82, 2.24) is 15.2 Å². The highest BCUT2D eigenvalue weighted by atomic mass is 16.5. The third kappa shape index (κ3) is 5.62. The van der Waals surface area contributed by atoms with Gasteiger partial charge in [0.15, 0.2) is 0 Å². The van der Waals surface area contributed by atoms with E-state index in [-0.39, 0.29) is 6.03 Å². The Morgan fingerprint density at radius 3 is 2.74 bits per heavy atom. The first-order valence-electron chi connectivity index (χ1n) is 7.74. The highest BCUT2D eigenvalue weighted by Crippen LogP contribution is 2.15. The number of carbonyl (C=O) groups is 1. The van der Waals surface area contributed by atoms with Crippen LogP contribution >= 0.6 is 0 Å². The molecule has 1 aromatic heterocycles. The molecule has 0 aliphatic carbocycles. The van der Waals surface area contributed by atoms with Crippen LogP contribution in [0.1, 0.15) is 11.3 Å². The van der Waals surface area contributed by atoms with E-state index in [1.165, 1.54) is 0 Å². The SMILES string of the molecule is Cc1ccccc1OCCN(C)C(=O)NCCc1ccccn1. The lowest BCUT2D eigenvalue weighted by molar-refractivity contribution is 0.195. The Bertz CT molecular complexity index is 617. The molecule has 2 aromatic rings. The molecule has 0 spiro atoms. The lowest BCUT2D eigenvalue weighted by atomic mass is 10.2. The lowest BCUT2D eigenvalue weighted by Gasteiger charge is -2.18. The zero-order valence-corrected chi connectivity index (χ0v) is 13.7. The summed E-state index contributed by atoms with van der Waals surface area (Å²) in [5.41, 5.74) is 2.06. The number of amides is 2. The van der Waals surface area contributed by atoms with Gasteiger partial charge in [0.2, 0.25) is 0 Å². The van der Waals surface area contributed by atoms with Gasteiger partial charge in [0.1, 0.15) is 12.4 Å². The highest BCUT2D eigenvalue weighted by molar-refractivity contribution is 5.73. The van der Waals surface area contributed by atoms with Crippen molar-refractivity contribution in [3.05, 3.63) is 59.9 Å². The Morgan fingerprint density at radius 1 is 1.22 bits per heavy atom. The highest BCUT2D eigenvalue weighted by Gasteiger charge is 2.08. The summed E-state index contributed by atoms with van der Waals surface area (Å²) in [7, 11) is 1.76. The number of hydrogen-bond acceptors (Lipinski definition) is 3. The summed E-state index contributed by atoms with van der Waals surface area (Å²) < 4.78 is 5.70. The van der Waals surface area contributed by atoms with Crippen molar-refractivity contribution in [3.8, 4) is 5.75 Å². The van der Waals surface area contributed by atoms with Crippen molar-refractivity contribution in [2.45, 2.75) is 13.3 Å². The van der Waals surface area contributed by atoms with Crippen molar-refractivity contribution >= 4 is 6.03 Å². The number of nitrogens with zero attached hydrogens (tertiary/aromatic N) is 2. The molecular weight excluding hydrogens is 290 g/mol. The topological polar surface area (TPSA) is 54.5 Å². The van der Waals surface area contributed by atoms with Crippen LogP contribution in [0.5, 0.6) is 5.75 Å². The Hall–Kier alpha value is -2.56. The molecule has 1 aromatic carbocycles. The standard InChI is InChI=1S/C18H23N3O2/c1-15-7-3-4-9-17(15)23-14-13-21(2)18(22)20-12-10-16-8-5-6-11-19-16/h3-9,11H,10,12-14H2,1-2H3,(H,20,22). The number of carbonyl (C=O) groups excluding carboxylic acids is 1. The maximum atomic E-state index is 12.0. The van der Waals surface area contributed by atoms with Gasteiger partial charge in [-0.2, -0.15) is 0 Å². The van der Waals surface area contributed by atoms with Crippen molar-refractivity contribution in [2.24, 2.45) is 0 Å². The molecule has 2 rings (SSSR count). The molecule has 122 valence electrons. The van der Waals surface area contributed by atoms with E-state index in [2.05, 4.69) is 10.3 Å². The molecule has 0 radical (unpaired) electrons. The third-order valence-electron chi connectivity index (χ3n) is 3.51. The van der Waals surface area contributed by atoms with Crippen molar-refractivity contribution in [2.75, 3.05) is 26.7 Å². The summed E-state index contributed by atoms with van der Waals surface area (Å²) >= 11 is 0. The van der Waals surface area contributed by atoms with E-state index in [4.69, 9.17) is 4.74 Å². The minimum absolute atomic E-state index is 0.102. The smallest absolute Gasteiger partial charge is 0.317 e. The van der Waals surface area contributed by atoms with Crippen molar-refractivity contribution in [1.29, 1.82) is 0 Å². The molecule has 23 heavy (non-hydrogen) atoms. The van der Waals surface area contributed by atoms with Gasteiger partial charge in [0.25, 0.3) is 0 Å². The van der Waals surface area contributed by atoms with E-state index in [0.717, 1.165) is 23.4 Å². The average Bonchev–Trinajstić information content (AvgIpc) is 2.57. The van der Waals surface area contributed by atoms with Gasteiger partial charge in [-0.25, -0.2) is 4.79 Å². The summed E-state index contributed by atoms with van der Waals surface area (Å²) in [4.78, 5) is 17.8. The predicted octanol–water partition coefficient (Wildman–Crippen LogP) is 2.65. The first kappa shape index (κ1) is 16.8. The number of benzene rings is 1. The van der Waals surface area contributed by atoms with Crippen molar-refractivity contribution in [3.63, 3.8) is 0 Å². The fourth-order valence-corrected chi connectivity index (χ4v) is 2.09. The number of hydrogen-bond donors (Lipinski definition) is 1. The Balaban J connectivity index is 1.66. The molecule has 0 bridgehead atoms. The summed E-state index contributed by atoms with van der Waals surface area (Å²) in [6.07, 6.45) is 2.48. The second kappa shape index (κ2) is 8.78. The number of aryl methyl sites for hydroxylation is 1. The molecule has 2 amide bonds. The molecule has 0 saturated heterocycles. The summed E-state index contributed by atoms with van der Waals surface area (Å²) in [6.45, 7) is 3.57. The molecule has 0 fully saturated rings. The van der Waals surface area contributed by atoms with E-state index < -0.39 is 0 Å². The first-order chi connectivity index (χ1) is 11.2. The van der Waals surface area contributed by atoms with Gasteiger partial charge in [-0.15, -0.1) is 0 Å². The number of nitrogens with one attached hydrogen (secondary N) is 1. The quantitative estimate of drug-likeness (QED) is 0.855. The van der Waals surface area contributed by atoms with Gasteiger partial charge in [-0.3, -0.25) is 4.98 Å². The average molecular weight is 313 g/mol. The van der Waals surface area contributed by atoms with Crippen LogP contribution < -0.4 is 10.1 Å². The number of urea groups is 1. The van der Waals surface area contributed by atoms with E-state index in [9.17, 15) is 4.79 Å². The molecule has 5 heteroatoms. The molecule has 1 heterocycles. The molecule has 0 saturated carbocycles. The fourth-order valence-electron chi connectivity index (χ4n) is 2.09. The zero-order valence-electron chi connectivity index (χ0n) is 13.7. The zero-order chi connectivity index (χ0) is 16.5. The minimum atomic E-state index is -0.102. The maximum absolute atomic E-state index is 12.0. The molecule has 0 aliphatic rings. The molecular formula is C18H23N3O2. The van der Waals surface area contributed by atoms with Gasteiger partial charge in [0, 0.05) is 31.9 Å². The number of para-hydroxylation sites is 1. The molecule has 0 aliphatic heterocycles. The second-order valence-electron chi connectivity index (χ2n) is 5.34. The summed E-state index contributed by atoms with van der Waals surface area (Å²) in [5, 5.41) is 2.88. The second-order valence-corrected chi connectivity index (χ2v) is 5.34. The van der Waals surface area contributed by atoms with Crippen LogP contribution in [0.25, 0.3) is 0 Å². The van der Waals surface area contributed by atoms with Crippen LogP contribution in [0.15, 0.2) is 48.7 Å². The normalized spacial score (nSPS) is 10.2. The summed E-state index contributed by atoms with van der Waals surface area (Å²) in [5.74, 6) is 0.858. The number of likely N-dealkylation sites (N-methyl/N-ethyl adjacent to an activating group) is 1. The first-order valence-corrected chi connectivity index (χ1v) is 7.74. The third-order valence-corrected chi connectivity index (χ3v) is 3.51. The van der Waals surface area contributed by atoms with Crippen LogP contribution in [0.3, 0.4) is 0 Å². The van der Waals surface area contributed by atoms with Crippen LogP contribution in [-0.4, -0.2) is 42.7 Å². The summed E-state index contributed by atoms with van der Waals surface area (Å²) in [6, 6.07) is 13.5. The Kier molecular flexibility index (Phi) is 6.41. The van der Waals surface area contributed by atoms with Gasteiger partial charge in [-0.1, -0.05) is 24.3 Å². The molecule has 0 atom stereocenters. The van der Waals surface area contributed by atoms with Crippen LogP contribution in [-0.2, 0) is 6.42 Å². The lowest BCUT2D eigenvalue weighted by Crippen LogP contribution is -2.40. The Morgan fingerprint density at radius 2 is 2.00 bits per heavy atom. The van der Waals surface area contributed by atoms with E-state index in [0.29, 0.717) is 19.7 Å². The number of ether oxygens (including phenoxy) is 1. The van der Waals surface area contributed by atoms with Crippen molar-refractivity contribution < 1.29 is 9.53 Å². The monoisotopic (exact) mass is 313 g/mol. The predicted molar refractivity (Wildman–Crippen MR) is 90.6 cm³/mol. The molecule has 0 unspecified atom stereocenters. The van der Waals surface area contributed by atoms with Gasteiger partial charge < -0.3 is 15.0 Å². The van der Waals surface area contributed by atoms with Crippen LogP contribution in [0, 0.1) is 6.92 Å². The fraction of sp³-hybridized carbons (Fsp3) is 0.333. The van der Waals surface area contributed by atoms with Gasteiger partial charge in [0.05, 0.1) is 6.54 Å². The number of aromatic nitrogens is 1. The van der Waals surface area contributed by atoms with Crippen LogP contribution in [0.2, 0.25) is 0 Å². The Labute approximate surface area is 137 Å². The minimum Gasteiger partial charge on any atom is -0.491 e. The molecule has 5 nitrogen and oxygen atoms in total. The number of pyridine rings is 1.